The third kappa shape index (κ3) is 14.8. The topological polar surface area (TPSA) is 121 Å². The summed E-state index contributed by atoms with van der Waals surface area (Å²) >= 11 is 0. The van der Waals surface area contributed by atoms with Gasteiger partial charge in [-0.15, -0.1) is 24.7 Å². The molecule has 0 saturated carbocycles. The zero-order valence-corrected chi connectivity index (χ0v) is 15.9. The Morgan fingerprint density at radius 3 is 1.73 bits per heavy atom. The Hall–Kier alpha value is -0.100. The molecule has 0 aromatic heterocycles. The van der Waals surface area contributed by atoms with Crippen LogP contribution in [0.1, 0.15) is 25.7 Å². The van der Waals surface area contributed by atoms with Crippen molar-refractivity contribution < 1.29 is 60.2 Å². The van der Waals surface area contributed by atoms with Crippen LogP contribution in [0.3, 0.4) is 0 Å². The fourth-order valence-corrected chi connectivity index (χ4v) is 2.64. The molecule has 0 spiro atoms. The van der Waals surface area contributed by atoms with E-state index < -0.39 is 43.9 Å². The first kappa shape index (κ1) is 24.2. The molecule has 0 saturated heterocycles. The predicted molar refractivity (Wildman–Crippen MR) is 75.8 cm³/mol. The Labute approximate surface area is 154 Å². The van der Waals surface area contributed by atoms with Gasteiger partial charge in [-0.25, -0.2) is 8.42 Å². The summed E-state index contributed by atoms with van der Waals surface area (Å²) in [6, 6.07) is 0. The number of terminal acetylenes is 2. The third-order valence-corrected chi connectivity index (χ3v) is 3.95. The van der Waals surface area contributed by atoms with Crippen LogP contribution in [0.5, 0.6) is 0 Å². The molecule has 0 aliphatic rings. The predicted octanol–water partition coefficient (Wildman–Crippen LogP) is -3.00. The van der Waals surface area contributed by atoms with Gasteiger partial charge in [-0.1, -0.05) is 0 Å². The van der Waals surface area contributed by atoms with Crippen LogP contribution < -0.4 is 29.6 Å². The van der Waals surface area contributed by atoms with Crippen LogP contribution in [0, 0.1) is 24.7 Å². The van der Waals surface area contributed by atoms with Gasteiger partial charge in [0.2, 0.25) is 0 Å². The molecule has 10 heteroatoms. The van der Waals surface area contributed by atoms with E-state index in [4.69, 9.17) is 22.1 Å². The van der Waals surface area contributed by atoms with Crippen LogP contribution in [-0.2, 0) is 25.0 Å². The van der Waals surface area contributed by atoms with Gasteiger partial charge in [0.25, 0.3) is 10.1 Å². The van der Waals surface area contributed by atoms with Crippen LogP contribution in [-0.4, -0.2) is 49.7 Å². The minimum Gasteiger partial charge on any atom is -0.748 e. The molecule has 0 aromatic carbocycles. The molecule has 22 heavy (non-hydrogen) atoms. The van der Waals surface area contributed by atoms with E-state index in [2.05, 4.69) is 11.8 Å². The van der Waals surface area contributed by atoms with Gasteiger partial charge in [0, 0.05) is 18.6 Å². The number of ether oxygens (including phenoxy) is 1. The van der Waals surface area contributed by atoms with Crippen LogP contribution >= 0.6 is 0 Å². The van der Waals surface area contributed by atoms with Gasteiger partial charge >= 0.3 is 29.6 Å². The second-order valence-electron chi connectivity index (χ2n) is 4.32. The molecule has 120 valence electrons. The SMILES string of the molecule is C#CCC(CCS(=O)(=O)[O-])OC(CC#C)CCS(=O)(=O)O.[Na+]. The average molecular weight is 360 g/mol. The summed E-state index contributed by atoms with van der Waals surface area (Å²) in [4.78, 5) is 0. The van der Waals surface area contributed by atoms with E-state index in [0.29, 0.717) is 0 Å². The Morgan fingerprint density at radius 1 is 1.00 bits per heavy atom. The van der Waals surface area contributed by atoms with E-state index in [1.165, 1.54) is 0 Å². The van der Waals surface area contributed by atoms with Gasteiger partial charge in [-0.05, 0) is 12.8 Å². The van der Waals surface area contributed by atoms with E-state index in [1.54, 1.807) is 0 Å². The van der Waals surface area contributed by atoms with Crippen LogP contribution in [0.2, 0.25) is 0 Å². The smallest absolute Gasteiger partial charge is 0.748 e. The van der Waals surface area contributed by atoms with E-state index in [-0.39, 0.29) is 55.2 Å². The number of rotatable bonds is 10. The zero-order valence-electron chi connectivity index (χ0n) is 12.3. The molecule has 2 atom stereocenters. The van der Waals surface area contributed by atoms with Gasteiger partial charge < -0.3 is 9.29 Å². The zero-order chi connectivity index (χ0) is 16.5. The molecule has 0 fully saturated rings. The van der Waals surface area contributed by atoms with Crippen molar-refractivity contribution in [3.8, 4) is 24.7 Å². The fraction of sp³-hybridized carbons (Fsp3) is 0.667. The van der Waals surface area contributed by atoms with Crippen LogP contribution in [0.4, 0.5) is 0 Å². The Morgan fingerprint density at radius 2 is 1.41 bits per heavy atom. The Bertz CT molecular complexity index is 544. The van der Waals surface area contributed by atoms with Crippen LogP contribution in [0.15, 0.2) is 0 Å². The summed E-state index contributed by atoms with van der Waals surface area (Å²) in [5.41, 5.74) is 0. The van der Waals surface area contributed by atoms with Gasteiger partial charge in [-0.2, -0.15) is 8.42 Å². The standard InChI is InChI=1S/C12H18O7S2.Na/c1-3-5-11(7-9-20(13,14)15)19-12(6-4-2)8-10-21(16,17)18;/h1-2,11-12H,5-10H2,(H,13,14,15)(H,16,17,18);/q;+1/p-1. The van der Waals surface area contributed by atoms with Crippen molar-refractivity contribution in [2.24, 2.45) is 0 Å². The monoisotopic (exact) mass is 360 g/mol. The first-order valence-electron chi connectivity index (χ1n) is 5.98. The molecular formula is C12H17NaO7S2. The van der Waals surface area contributed by atoms with E-state index >= 15 is 0 Å². The summed E-state index contributed by atoms with van der Waals surface area (Å²) in [5, 5.41) is 0. The van der Waals surface area contributed by atoms with Crippen molar-refractivity contribution in [3.05, 3.63) is 0 Å². The molecule has 0 bridgehead atoms. The molecule has 7 nitrogen and oxygen atoms in total. The summed E-state index contributed by atoms with van der Waals surface area (Å²) in [6.07, 6.45) is 8.79. The molecule has 0 radical (unpaired) electrons. The summed E-state index contributed by atoms with van der Waals surface area (Å²) in [5.74, 6) is 3.40. The average Bonchev–Trinajstić information content (AvgIpc) is 2.31. The molecule has 0 amide bonds. The molecule has 0 aliphatic heterocycles. The quantitative estimate of drug-likeness (QED) is 0.250. The van der Waals surface area contributed by atoms with Gasteiger partial charge in [0.05, 0.1) is 28.1 Å². The first-order valence-corrected chi connectivity index (χ1v) is 9.17. The van der Waals surface area contributed by atoms with Gasteiger partial charge in [0.1, 0.15) is 0 Å². The molecule has 1 N–H and O–H groups in total. The van der Waals surface area contributed by atoms with Crippen molar-refractivity contribution in [1.29, 1.82) is 0 Å². The molecule has 0 aromatic rings. The van der Waals surface area contributed by atoms with E-state index in [9.17, 15) is 21.4 Å². The molecular weight excluding hydrogens is 343 g/mol. The van der Waals surface area contributed by atoms with Gasteiger partial charge in [0.15, 0.2) is 0 Å². The summed E-state index contributed by atoms with van der Waals surface area (Å²) < 4.78 is 67.4. The maximum atomic E-state index is 10.7. The van der Waals surface area contributed by atoms with Crippen molar-refractivity contribution in [2.45, 2.75) is 37.9 Å². The summed E-state index contributed by atoms with van der Waals surface area (Å²) in [6.45, 7) is 0. The normalized spacial score (nSPS) is 14.2. The van der Waals surface area contributed by atoms with Crippen molar-refractivity contribution in [1.82, 2.24) is 0 Å². The largest absolute Gasteiger partial charge is 1.00 e. The molecule has 0 rings (SSSR count). The minimum absolute atomic E-state index is 0. The maximum Gasteiger partial charge on any atom is 1.00 e. The first-order chi connectivity index (χ1) is 9.57. The van der Waals surface area contributed by atoms with Gasteiger partial charge in [-0.3, -0.25) is 4.55 Å². The number of hydrogen-bond donors (Lipinski definition) is 1. The second-order valence-corrected chi connectivity index (χ2v) is 7.42. The molecule has 2 unspecified atom stereocenters. The fourth-order valence-electron chi connectivity index (χ4n) is 1.53. The third-order valence-electron chi connectivity index (χ3n) is 2.46. The Kier molecular flexibility index (Phi) is 12.6. The summed E-state index contributed by atoms with van der Waals surface area (Å²) in [7, 11) is -8.55. The number of hydrogen-bond acceptors (Lipinski definition) is 6. The van der Waals surface area contributed by atoms with Crippen molar-refractivity contribution in [2.75, 3.05) is 11.5 Å². The van der Waals surface area contributed by atoms with E-state index in [1.807, 2.05) is 0 Å². The Balaban J connectivity index is 0. The van der Waals surface area contributed by atoms with Crippen molar-refractivity contribution >= 4 is 20.2 Å². The second kappa shape index (κ2) is 11.4. The van der Waals surface area contributed by atoms with E-state index in [0.717, 1.165) is 0 Å². The maximum absolute atomic E-state index is 10.7. The van der Waals surface area contributed by atoms with Crippen LogP contribution in [0.25, 0.3) is 0 Å². The molecule has 0 heterocycles. The molecule has 0 aliphatic carbocycles. The van der Waals surface area contributed by atoms with Crippen molar-refractivity contribution in [3.63, 3.8) is 0 Å². The minimum atomic E-state index is -4.40.